The standard InChI is InChI=1S/C13H22O2/c1-3-5-6-7-8-9-10-11-12-13(14)15-4-2/h5-8H,3-4,9-12H2,1-2H3/b6-5+,8-7+. The predicted molar refractivity (Wildman–Crippen MR) is 63.7 cm³/mol. The fraction of sp³-hybridized carbons (Fsp3) is 0.615. The molecule has 0 fully saturated rings. The van der Waals surface area contributed by atoms with Crippen molar-refractivity contribution in [1.82, 2.24) is 0 Å². The molecule has 0 aromatic carbocycles. The lowest BCUT2D eigenvalue weighted by atomic mass is 10.2. The molecule has 0 saturated carbocycles. The lowest BCUT2D eigenvalue weighted by molar-refractivity contribution is -0.143. The minimum atomic E-state index is -0.0765. The van der Waals surface area contributed by atoms with Gasteiger partial charge in [-0.05, 0) is 32.6 Å². The minimum Gasteiger partial charge on any atom is -0.466 e. The van der Waals surface area contributed by atoms with Crippen molar-refractivity contribution in [3.8, 4) is 0 Å². The molecule has 0 rings (SSSR count). The van der Waals surface area contributed by atoms with Crippen LogP contribution in [0.25, 0.3) is 0 Å². The summed E-state index contributed by atoms with van der Waals surface area (Å²) in [6.07, 6.45) is 13.0. The SMILES string of the molecule is CC/C=C/C=C/CCCCC(=O)OCC. The van der Waals surface area contributed by atoms with Gasteiger partial charge in [-0.3, -0.25) is 4.79 Å². The van der Waals surface area contributed by atoms with Gasteiger partial charge in [-0.15, -0.1) is 0 Å². The van der Waals surface area contributed by atoms with Gasteiger partial charge in [0.15, 0.2) is 0 Å². The molecule has 2 heteroatoms. The zero-order valence-electron chi connectivity index (χ0n) is 9.87. The molecule has 0 heterocycles. The van der Waals surface area contributed by atoms with Gasteiger partial charge in [0.05, 0.1) is 6.61 Å². The van der Waals surface area contributed by atoms with Crippen LogP contribution in [-0.2, 0) is 9.53 Å². The summed E-state index contributed by atoms with van der Waals surface area (Å²) in [6.45, 7) is 4.44. The van der Waals surface area contributed by atoms with Gasteiger partial charge in [-0.1, -0.05) is 31.2 Å². The highest BCUT2D eigenvalue weighted by Gasteiger charge is 1.99. The van der Waals surface area contributed by atoms with Crippen LogP contribution in [0.1, 0.15) is 46.0 Å². The first-order valence-corrected chi connectivity index (χ1v) is 5.78. The third-order valence-electron chi connectivity index (χ3n) is 1.93. The van der Waals surface area contributed by atoms with Crippen molar-refractivity contribution in [3.05, 3.63) is 24.3 Å². The number of allylic oxidation sites excluding steroid dienone is 4. The largest absolute Gasteiger partial charge is 0.466 e. The molecular formula is C13H22O2. The lowest BCUT2D eigenvalue weighted by Crippen LogP contribution is -2.02. The van der Waals surface area contributed by atoms with Crippen LogP contribution in [0.15, 0.2) is 24.3 Å². The molecule has 0 atom stereocenters. The van der Waals surface area contributed by atoms with Crippen LogP contribution in [0.4, 0.5) is 0 Å². The molecule has 0 spiro atoms. The molecule has 0 N–H and O–H groups in total. The van der Waals surface area contributed by atoms with E-state index in [2.05, 4.69) is 31.2 Å². The van der Waals surface area contributed by atoms with Crippen LogP contribution < -0.4 is 0 Å². The van der Waals surface area contributed by atoms with E-state index in [1.54, 1.807) is 0 Å². The van der Waals surface area contributed by atoms with Crippen molar-refractivity contribution in [3.63, 3.8) is 0 Å². The van der Waals surface area contributed by atoms with E-state index in [-0.39, 0.29) is 5.97 Å². The Kier molecular flexibility index (Phi) is 10.3. The molecule has 0 bridgehead atoms. The third-order valence-corrected chi connectivity index (χ3v) is 1.93. The van der Waals surface area contributed by atoms with Crippen molar-refractivity contribution in [2.24, 2.45) is 0 Å². The monoisotopic (exact) mass is 210 g/mol. The van der Waals surface area contributed by atoms with Gasteiger partial charge in [-0.2, -0.15) is 0 Å². The first-order valence-electron chi connectivity index (χ1n) is 5.78. The van der Waals surface area contributed by atoms with Crippen molar-refractivity contribution in [1.29, 1.82) is 0 Å². The maximum Gasteiger partial charge on any atom is 0.305 e. The normalized spacial score (nSPS) is 11.3. The van der Waals surface area contributed by atoms with Crippen molar-refractivity contribution >= 4 is 5.97 Å². The van der Waals surface area contributed by atoms with E-state index in [1.807, 2.05) is 6.92 Å². The average molecular weight is 210 g/mol. The number of unbranched alkanes of at least 4 members (excludes halogenated alkanes) is 2. The number of hydrogen-bond acceptors (Lipinski definition) is 2. The molecule has 0 aromatic heterocycles. The molecule has 0 saturated heterocycles. The molecule has 0 aliphatic carbocycles. The Labute approximate surface area is 93.0 Å². The number of ether oxygens (including phenoxy) is 1. The van der Waals surface area contributed by atoms with Crippen LogP contribution in [-0.4, -0.2) is 12.6 Å². The molecule has 0 aliphatic rings. The van der Waals surface area contributed by atoms with E-state index in [4.69, 9.17) is 4.74 Å². The van der Waals surface area contributed by atoms with Gasteiger partial charge in [0.1, 0.15) is 0 Å². The number of carbonyl (C=O) groups is 1. The number of carbonyl (C=O) groups excluding carboxylic acids is 1. The van der Waals surface area contributed by atoms with E-state index in [0.29, 0.717) is 13.0 Å². The van der Waals surface area contributed by atoms with Crippen LogP contribution in [0.2, 0.25) is 0 Å². The van der Waals surface area contributed by atoms with E-state index in [1.165, 1.54) is 0 Å². The maximum atomic E-state index is 11.0. The Morgan fingerprint density at radius 2 is 1.87 bits per heavy atom. The van der Waals surface area contributed by atoms with E-state index >= 15 is 0 Å². The van der Waals surface area contributed by atoms with Crippen molar-refractivity contribution in [2.75, 3.05) is 6.61 Å². The molecular weight excluding hydrogens is 188 g/mol. The van der Waals surface area contributed by atoms with Crippen LogP contribution in [0, 0.1) is 0 Å². The summed E-state index contributed by atoms with van der Waals surface area (Å²) in [5, 5.41) is 0. The zero-order chi connectivity index (χ0) is 11.4. The Bertz CT molecular complexity index is 205. The highest BCUT2D eigenvalue weighted by Crippen LogP contribution is 2.02. The van der Waals surface area contributed by atoms with Gasteiger partial charge in [0.2, 0.25) is 0 Å². The minimum absolute atomic E-state index is 0.0765. The van der Waals surface area contributed by atoms with Gasteiger partial charge >= 0.3 is 5.97 Å². The van der Waals surface area contributed by atoms with E-state index < -0.39 is 0 Å². The average Bonchev–Trinajstić information content (AvgIpc) is 2.22. The quantitative estimate of drug-likeness (QED) is 0.347. The van der Waals surface area contributed by atoms with Gasteiger partial charge in [-0.25, -0.2) is 0 Å². The molecule has 2 nitrogen and oxygen atoms in total. The number of hydrogen-bond donors (Lipinski definition) is 0. The Morgan fingerprint density at radius 3 is 2.53 bits per heavy atom. The third kappa shape index (κ3) is 10.9. The molecule has 0 aromatic rings. The van der Waals surface area contributed by atoms with Gasteiger partial charge < -0.3 is 4.74 Å². The Morgan fingerprint density at radius 1 is 1.13 bits per heavy atom. The topological polar surface area (TPSA) is 26.3 Å². The summed E-state index contributed by atoms with van der Waals surface area (Å²) < 4.78 is 4.83. The summed E-state index contributed by atoms with van der Waals surface area (Å²) in [6, 6.07) is 0. The number of esters is 1. The zero-order valence-corrected chi connectivity index (χ0v) is 9.87. The molecule has 86 valence electrons. The van der Waals surface area contributed by atoms with Gasteiger partial charge in [0.25, 0.3) is 0 Å². The first kappa shape index (κ1) is 13.9. The van der Waals surface area contributed by atoms with Crippen molar-refractivity contribution < 1.29 is 9.53 Å². The first-order chi connectivity index (χ1) is 7.31. The molecule has 0 amide bonds. The Balaban J connectivity index is 3.28. The maximum absolute atomic E-state index is 11.0. The predicted octanol–water partition coefficient (Wildman–Crippen LogP) is 3.63. The summed E-state index contributed by atoms with van der Waals surface area (Å²) in [5.74, 6) is -0.0765. The summed E-state index contributed by atoms with van der Waals surface area (Å²) in [7, 11) is 0. The van der Waals surface area contributed by atoms with Gasteiger partial charge in [0, 0.05) is 6.42 Å². The second-order valence-electron chi connectivity index (χ2n) is 3.32. The molecule has 0 unspecified atom stereocenters. The second kappa shape index (κ2) is 11.0. The fourth-order valence-electron chi connectivity index (χ4n) is 1.15. The second-order valence-corrected chi connectivity index (χ2v) is 3.32. The highest BCUT2D eigenvalue weighted by molar-refractivity contribution is 5.69. The van der Waals surface area contributed by atoms with E-state index in [0.717, 1.165) is 25.7 Å². The van der Waals surface area contributed by atoms with Crippen LogP contribution in [0.3, 0.4) is 0 Å². The molecule has 15 heavy (non-hydrogen) atoms. The smallest absolute Gasteiger partial charge is 0.305 e. The van der Waals surface area contributed by atoms with Crippen LogP contribution >= 0.6 is 0 Å². The molecule has 0 aliphatic heterocycles. The Hall–Kier alpha value is -1.05. The van der Waals surface area contributed by atoms with E-state index in [9.17, 15) is 4.79 Å². The molecule has 0 radical (unpaired) electrons. The van der Waals surface area contributed by atoms with Crippen molar-refractivity contribution in [2.45, 2.75) is 46.0 Å². The van der Waals surface area contributed by atoms with Crippen LogP contribution in [0.5, 0.6) is 0 Å². The summed E-state index contributed by atoms with van der Waals surface area (Å²) in [5.41, 5.74) is 0. The highest BCUT2D eigenvalue weighted by atomic mass is 16.5. The lowest BCUT2D eigenvalue weighted by Gasteiger charge is -1.99. The fourth-order valence-corrected chi connectivity index (χ4v) is 1.15. The summed E-state index contributed by atoms with van der Waals surface area (Å²) >= 11 is 0. The number of rotatable bonds is 8. The summed E-state index contributed by atoms with van der Waals surface area (Å²) in [4.78, 5) is 11.0.